The molecule has 1 unspecified atom stereocenters. The predicted octanol–water partition coefficient (Wildman–Crippen LogP) is 5.04. The summed E-state index contributed by atoms with van der Waals surface area (Å²) >= 11 is 18.8. The van der Waals surface area contributed by atoms with E-state index in [2.05, 4.69) is 42.9 Å². The summed E-state index contributed by atoms with van der Waals surface area (Å²) in [5.41, 5.74) is 1.20. The van der Waals surface area contributed by atoms with E-state index in [9.17, 15) is 0 Å². The molecule has 1 atom stereocenters. The molecule has 0 aromatic heterocycles. The molecule has 0 aliphatic carbocycles. The van der Waals surface area contributed by atoms with Gasteiger partial charge in [0.25, 0.3) is 0 Å². The fraction of sp³-hybridized carbons (Fsp3) is 0.455. The molecule has 0 aliphatic heterocycles. The summed E-state index contributed by atoms with van der Waals surface area (Å²) in [4.78, 5) is 0. The first-order valence-corrected chi connectivity index (χ1v) is 14.0. The summed E-state index contributed by atoms with van der Waals surface area (Å²) < 4.78 is 2.15. The quantitative estimate of drug-likeness (QED) is 0.553. The third-order valence-corrected chi connectivity index (χ3v) is 11.4. The van der Waals surface area contributed by atoms with Crippen LogP contribution in [0, 0.1) is 0 Å². The lowest BCUT2D eigenvalue weighted by Gasteiger charge is -2.42. The van der Waals surface area contributed by atoms with Crippen LogP contribution in [0.5, 0.6) is 0 Å². The molecule has 1 rings (SSSR count). The minimum Gasteiger partial charge on any atom is -0.303 e. The molecule has 0 radical (unpaired) electrons. The van der Waals surface area contributed by atoms with Crippen molar-refractivity contribution in [3.63, 3.8) is 0 Å². The molecule has 1 aromatic carbocycles. The monoisotopic (exact) mass is 325 g/mol. The Morgan fingerprint density at radius 2 is 1.47 bits per heavy atom. The molecular weight excluding hydrogens is 309 g/mol. The molecule has 0 saturated carbocycles. The van der Waals surface area contributed by atoms with Crippen LogP contribution in [0.25, 0.3) is 0 Å². The summed E-state index contributed by atoms with van der Waals surface area (Å²) in [5, 5.41) is 0. The molecule has 96 valence electrons. The highest BCUT2D eigenvalue weighted by atomic mass is 35.8. The summed E-state index contributed by atoms with van der Waals surface area (Å²) in [7, 11) is -1.67. The van der Waals surface area contributed by atoms with Crippen LogP contribution < -0.4 is 0 Å². The third-order valence-electron chi connectivity index (χ3n) is 2.67. The van der Waals surface area contributed by atoms with Crippen LogP contribution in [0.3, 0.4) is 0 Å². The van der Waals surface area contributed by atoms with Gasteiger partial charge in [-0.05, 0) is 12.5 Å². The third kappa shape index (κ3) is 4.26. The highest BCUT2D eigenvalue weighted by molar-refractivity contribution is 7.64. The highest BCUT2D eigenvalue weighted by Gasteiger charge is 2.45. The van der Waals surface area contributed by atoms with Gasteiger partial charge in [-0.2, -0.15) is 0 Å². The van der Waals surface area contributed by atoms with Gasteiger partial charge in [0.15, 0.2) is 0 Å². The van der Waals surface area contributed by atoms with Crippen LogP contribution >= 0.6 is 33.2 Å². The van der Waals surface area contributed by atoms with Gasteiger partial charge in [0.05, 0.1) is 0 Å². The number of hydrogen-bond acceptors (Lipinski definition) is 1. The average Bonchev–Trinajstić information content (AvgIpc) is 2.14. The van der Waals surface area contributed by atoms with E-state index in [1.54, 1.807) is 0 Å². The van der Waals surface area contributed by atoms with Crippen molar-refractivity contribution in [2.24, 2.45) is 0 Å². The van der Waals surface area contributed by atoms with Gasteiger partial charge >= 0.3 is 6.16 Å². The Hall–Kier alpha value is 0.484. The van der Waals surface area contributed by atoms with E-state index in [-0.39, 0.29) is 6.04 Å². The topological polar surface area (TPSA) is 3.24 Å². The van der Waals surface area contributed by atoms with E-state index >= 15 is 0 Å². The Labute approximate surface area is 120 Å². The molecule has 0 amide bonds. The van der Waals surface area contributed by atoms with Crippen molar-refractivity contribution in [3.8, 4) is 0 Å². The lowest BCUT2D eigenvalue weighted by atomic mass is 10.1. The number of halogens is 3. The molecule has 0 spiro atoms. The van der Waals surface area contributed by atoms with Crippen LogP contribution in [-0.4, -0.2) is 18.6 Å². The van der Waals surface area contributed by atoms with Gasteiger partial charge in [0.1, 0.15) is 8.24 Å². The number of rotatable bonds is 4. The van der Waals surface area contributed by atoms with Crippen molar-refractivity contribution in [2.75, 3.05) is 0 Å². The zero-order chi connectivity index (χ0) is 13.3. The van der Waals surface area contributed by atoms with Crippen LogP contribution in [0.2, 0.25) is 19.6 Å². The van der Waals surface area contributed by atoms with E-state index in [1.807, 2.05) is 18.2 Å². The first-order valence-electron chi connectivity index (χ1n) is 5.55. The smallest absolute Gasteiger partial charge is 0.303 e. The minimum atomic E-state index is -2.86. The molecule has 1 nitrogen and oxygen atoms in total. The fourth-order valence-electron chi connectivity index (χ4n) is 2.06. The van der Waals surface area contributed by atoms with Crippen molar-refractivity contribution < 1.29 is 0 Å². The van der Waals surface area contributed by atoms with E-state index in [0.29, 0.717) is 0 Å². The van der Waals surface area contributed by atoms with Gasteiger partial charge in [0.2, 0.25) is 0 Å². The Bertz CT molecular complexity index is 345. The highest BCUT2D eigenvalue weighted by Crippen LogP contribution is 2.37. The van der Waals surface area contributed by atoms with Crippen LogP contribution in [-0.2, 0) is 0 Å². The van der Waals surface area contributed by atoms with Crippen molar-refractivity contribution in [1.29, 1.82) is 0 Å². The Kier molecular flexibility index (Phi) is 5.15. The molecule has 17 heavy (non-hydrogen) atoms. The number of nitrogens with zero attached hydrogens (tertiary/aromatic N) is 1. The van der Waals surface area contributed by atoms with E-state index in [0.717, 1.165) is 0 Å². The molecule has 6 heteroatoms. The lowest BCUT2D eigenvalue weighted by molar-refractivity contribution is 0.511. The molecule has 0 aliphatic rings. The summed E-state index contributed by atoms with van der Waals surface area (Å²) in [6.07, 6.45) is -2.86. The average molecular weight is 327 g/mol. The van der Waals surface area contributed by atoms with Crippen LogP contribution in [0.15, 0.2) is 30.3 Å². The van der Waals surface area contributed by atoms with E-state index < -0.39 is 14.4 Å². The van der Waals surface area contributed by atoms with Crippen LogP contribution in [0.4, 0.5) is 0 Å². The Balaban J connectivity index is 3.09. The first kappa shape index (κ1) is 15.5. The zero-order valence-electron chi connectivity index (χ0n) is 10.5. The maximum atomic E-state index is 6.26. The predicted molar refractivity (Wildman–Crippen MR) is 83.4 cm³/mol. The molecule has 0 fully saturated rings. The van der Waals surface area contributed by atoms with Crippen LogP contribution in [0.1, 0.15) is 18.5 Å². The maximum absolute atomic E-state index is 6.26. The zero-order valence-corrected chi connectivity index (χ0v) is 14.8. The molecule has 0 saturated heterocycles. The standard InChI is InChI=1S/C11H18Cl3NSi2/c1-10(11-8-6-5-7-9-11)15(16(2,3)4)17(12,13)14/h5-10H,1-4H3. The molecule has 0 N–H and O–H groups in total. The maximum Gasteiger partial charge on any atom is 0.418 e. The second-order valence-electron chi connectivity index (χ2n) is 5.10. The summed E-state index contributed by atoms with van der Waals surface area (Å²) in [6, 6.07) is 10.4. The van der Waals surface area contributed by atoms with Gasteiger partial charge in [-0.25, -0.2) is 0 Å². The van der Waals surface area contributed by atoms with E-state index in [1.165, 1.54) is 5.56 Å². The van der Waals surface area contributed by atoms with Crippen molar-refractivity contribution in [2.45, 2.75) is 32.6 Å². The molecule has 0 heterocycles. The number of benzene rings is 1. The normalized spacial score (nSPS) is 15.1. The van der Waals surface area contributed by atoms with Gasteiger partial charge in [-0.3, -0.25) is 0 Å². The number of hydrogen-bond donors (Lipinski definition) is 0. The lowest BCUT2D eigenvalue weighted by Crippen LogP contribution is -2.56. The van der Waals surface area contributed by atoms with Gasteiger partial charge in [-0.15, -0.1) is 33.2 Å². The van der Waals surface area contributed by atoms with Gasteiger partial charge in [-0.1, -0.05) is 50.0 Å². The first-order chi connectivity index (χ1) is 7.64. The minimum absolute atomic E-state index is 0.155. The van der Waals surface area contributed by atoms with Crippen molar-refractivity contribution in [3.05, 3.63) is 35.9 Å². The fourth-order valence-corrected chi connectivity index (χ4v) is 15.2. The van der Waals surface area contributed by atoms with Gasteiger partial charge in [0, 0.05) is 6.04 Å². The Morgan fingerprint density at radius 1 is 1.00 bits per heavy atom. The van der Waals surface area contributed by atoms with E-state index in [4.69, 9.17) is 33.2 Å². The molecular formula is C11H18Cl3NSi2. The Morgan fingerprint density at radius 3 is 1.82 bits per heavy atom. The van der Waals surface area contributed by atoms with Crippen molar-refractivity contribution >= 4 is 47.6 Å². The summed E-state index contributed by atoms with van der Waals surface area (Å²) in [5.74, 6) is 0. The van der Waals surface area contributed by atoms with Gasteiger partial charge < -0.3 is 4.23 Å². The second kappa shape index (κ2) is 5.63. The largest absolute Gasteiger partial charge is 0.418 e. The summed E-state index contributed by atoms with van der Waals surface area (Å²) in [6.45, 7) is 8.74. The molecule has 0 bridgehead atoms. The second-order valence-corrected chi connectivity index (χ2v) is 18.4. The SMILES string of the molecule is CC(c1ccccc1)N([Si](C)(C)C)[Si](Cl)(Cl)Cl. The molecule has 1 aromatic rings. The van der Waals surface area contributed by atoms with Crippen molar-refractivity contribution in [1.82, 2.24) is 4.23 Å².